The van der Waals surface area contributed by atoms with E-state index in [9.17, 15) is 0 Å². The highest BCUT2D eigenvalue weighted by molar-refractivity contribution is 6.04. The van der Waals surface area contributed by atoms with E-state index < -0.39 is 0 Å². The van der Waals surface area contributed by atoms with Gasteiger partial charge in [0.05, 0.1) is 0 Å². The third kappa shape index (κ3) is 2.85. The third-order valence-electron chi connectivity index (χ3n) is 4.33. The molecule has 0 spiro atoms. The molecule has 0 heterocycles. The van der Waals surface area contributed by atoms with Gasteiger partial charge in [0.2, 0.25) is 0 Å². The topological polar surface area (TPSA) is 0 Å². The Bertz CT molecular complexity index is 605. The Labute approximate surface area is 127 Å². The lowest BCUT2D eigenvalue weighted by Gasteiger charge is -2.13. The predicted octanol–water partition coefficient (Wildman–Crippen LogP) is 5.68. The van der Waals surface area contributed by atoms with Gasteiger partial charge in [-0.3, -0.25) is 0 Å². The summed E-state index contributed by atoms with van der Waals surface area (Å²) in [5, 5.41) is 0. The van der Waals surface area contributed by atoms with Crippen molar-refractivity contribution in [2.45, 2.75) is 33.1 Å². The molecule has 0 saturated heterocycles. The van der Waals surface area contributed by atoms with Crippen molar-refractivity contribution in [2.24, 2.45) is 0 Å². The van der Waals surface area contributed by atoms with Crippen LogP contribution in [0.3, 0.4) is 0 Å². The Morgan fingerprint density at radius 2 is 1.00 bits per heavy atom. The second kappa shape index (κ2) is 6.13. The maximum Gasteiger partial charge on any atom is -0.0151 e. The summed E-state index contributed by atoms with van der Waals surface area (Å²) in [7, 11) is 0. The number of allylic oxidation sites excluding steroid dienone is 4. The van der Waals surface area contributed by atoms with Gasteiger partial charge in [-0.15, -0.1) is 0 Å². The SMILES string of the molecule is C/C=C1/C(=C/C)c2ccc(cc2)CCCc2ccc1cc2. The van der Waals surface area contributed by atoms with Crippen molar-refractivity contribution >= 4 is 11.1 Å². The van der Waals surface area contributed by atoms with Crippen molar-refractivity contribution in [3.63, 3.8) is 0 Å². The molecule has 4 aliphatic carbocycles. The molecule has 0 amide bonds. The first-order chi connectivity index (χ1) is 10.3. The standard InChI is InChI=1S/C21H22/c1-3-20-18-12-8-16(9-13-18)6-5-7-17-10-14-19(15-11-17)21(20)4-2/h3-4,8-15H,5-7H2,1-2H3/b20-3+,21-4+. The predicted molar refractivity (Wildman–Crippen MR) is 92.2 cm³/mol. The van der Waals surface area contributed by atoms with Crippen LogP contribution in [0.15, 0.2) is 60.7 Å². The molecule has 4 bridgehead atoms. The minimum absolute atomic E-state index is 1.16. The van der Waals surface area contributed by atoms with Crippen LogP contribution in [0.1, 0.15) is 42.5 Å². The van der Waals surface area contributed by atoms with Crippen LogP contribution in [0.4, 0.5) is 0 Å². The normalized spacial score (nSPS) is 18.6. The highest BCUT2D eigenvalue weighted by atomic mass is 14.1. The quantitative estimate of drug-likeness (QED) is 0.579. The van der Waals surface area contributed by atoms with Crippen LogP contribution >= 0.6 is 0 Å². The molecule has 0 unspecified atom stereocenters. The van der Waals surface area contributed by atoms with Crippen molar-refractivity contribution in [3.8, 4) is 0 Å². The van der Waals surface area contributed by atoms with Gasteiger partial charge in [-0.2, -0.15) is 0 Å². The summed E-state index contributed by atoms with van der Waals surface area (Å²) in [6, 6.07) is 18.2. The van der Waals surface area contributed by atoms with Crippen LogP contribution < -0.4 is 0 Å². The van der Waals surface area contributed by atoms with E-state index >= 15 is 0 Å². The summed E-state index contributed by atoms with van der Waals surface area (Å²) in [5.74, 6) is 0. The van der Waals surface area contributed by atoms with Crippen molar-refractivity contribution < 1.29 is 0 Å². The zero-order chi connectivity index (χ0) is 14.7. The van der Waals surface area contributed by atoms with E-state index in [0.717, 1.165) is 12.8 Å². The van der Waals surface area contributed by atoms with E-state index in [2.05, 4.69) is 74.5 Å². The highest BCUT2D eigenvalue weighted by Gasteiger charge is 2.10. The van der Waals surface area contributed by atoms with Gasteiger partial charge in [0.15, 0.2) is 0 Å². The van der Waals surface area contributed by atoms with E-state index in [1.807, 2.05) is 0 Å². The molecular weight excluding hydrogens is 252 g/mol. The Balaban J connectivity index is 2.16. The van der Waals surface area contributed by atoms with Crippen LogP contribution in [0.2, 0.25) is 0 Å². The maximum absolute atomic E-state index is 2.28. The summed E-state index contributed by atoms with van der Waals surface area (Å²) in [5.41, 5.74) is 8.11. The van der Waals surface area contributed by atoms with Gasteiger partial charge in [-0.25, -0.2) is 0 Å². The van der Waals surface area contributed by atoms with E-state index in [1.54, 1.807) is 0 Å². The average molecular weight is 274 g/mol. The summed E-state index contributed by atoms with van der Waals surface area (Å²) >= 11 is 0. The highest BCUT2D eigenvalue weighted by Crippen LogP contribution is 2.32. The molecule has 106 valence electrons. The molecule has 2 aromatic carbocycles. The summed E-state index contributed by atoms with van der Waals surface area (Å²) in [6.45, 7) is 4.25. The summed E-state index contributed by atoms with van der Waals surface area (Å²) < 4.78 is 0. The fourth-order valence-corrected chi connectivity index (χ4v) is 3.15. The Kier molecular flexibility index (Phi) is 4.06. The first-order valence-electron chi connectivity index (χ1n) is 7.83. The van der Waals surface area contributed by atoms with E-state index in [4.69, 9.17) is 0 Å². The molecule has 0 radical (unpaired) electrons. The zero-order valence-corrected chi connectivity index (χ0v) is 12.9. The van der Waals surface area contributed by atoms with E-state index in [1.165, 1.54) is 39.8 Å². The van der Waals surface area contributed by atoms with Crippen molar-refractivity contribution in [1.82, 2.24) is 0 Å². The molecule has 2 aromatic rings. The minimum Gasteiger partial charge on any atom is -0.0792 e. The minimum atomic E-state index is 1.16. The van der Waals surface area contributed by atoms with Crippen LogP contribution in [0, 0.1) is 0 Å². The number of rotatable bonds is 0. The van der Waals surface area contributed by atoms with Crippen LogP contribution in [-0.2, 0) is 12.8 Å². The Morgan fingerprint density at radius 3 is 1.33 bits per heavy atom. The molecule has 0 nitrogen and oxygen atoms in total. The molecule has 6 rings (SSSR count). The molecule has 0 heteroatoms. The third-order valence-corrected chi connectivity index (χ3v) is 4.33. The lowest BCUT2D eigenvalue weighted by Crippen LogP contribution is -1.91. The molecule has 21 heavy (non-hydrogen) atoms. The largest absolute Gasteiger partial charge is 0.0792 e. The Hall–Kier alpha value is -2.08. The smallest absolute Gasteiger partial charge is 0.0151 e. The van der Waals surface area contributed by atoms with E-state index in [-0.39, 0.29) is 0 Å². The van der Waals surface area contributed by atoms with E-state index in [0.29, 0.717) is 0 Å². The number of aryl methyl sites for hydroxylation is 2. The zero-order valence-electron chi connectivity index (χ0n) is 12.9. The number of benzene rings is 2. The first kappa shape index (κ1) is 13.9. The Morgan fingerprint density at radius 1 is 0.619 bits per heavy atom. The van der Waals surface area contributed by atoms with Gasteiger partial charge in [0.25, 0.3) is 0 Å². The lowest BCUT2D eigenvalue weighted by molar-refractivity contribution is 0.820. The molecule has 0 fully saturated rings. The second-order valence-electron chi connectivity index (χ2n) is 5.65. The molecule has 0 aliphatic heterocycles. The van der Waals surface area contributed by atoms with Gasteiger partial charge >= 0.3 is 0 Å². The lowest BCUT2D eigenvalue weighted by atomic mass is 9.91. The van der Waals surface area contributed by atoms with Crippen molar-refractivity contribution in [3.05, 3.63) is 82.9 Å². The molecular formula is C21H22. The van der Waals surface area contributed by atoms with Crippen molar-refractivity contribution in [1.29, 1.82) is 0 Å². The molecule has 0 N–H and O–H groups in total. The molecule has 0 atom stereocenters. The fourth-order valence-electron chi connectivity index (χ4n) is 3.15. The fraction of sp³-hybridized carbons (Fsp3) is 0.238. The molecule has 0 aromatic heterocycles. The average Bonchev–Trinajstić information content (AvgIpc) is 2.57. The van der Waals surface area contributed by atoms with Crippen molar-refractivity contribution in [2.75, 3.05) is 0 Å². The number of hydrogen-bond donors (Lipinski definition) is 0. The second-order valence-corrected chi connectivity index (χ2v) is 5.65. The number of hydrogen-bond acceptors (Lipinski definition) is 0. The van der Waals surface area contributed by atoms with Crippen LogP contribution in [-0.4, -0.2) is 0 Å². The maximum atomic E-state index is 2.28. The molecule has 4 aliphatic rings. The van der Waals surface area contributed by atoms with Gasteiger partial charge in [0.1, 0.15) is 0 Å². The summed E-state index contributed by atoms with van der Waals surface area (Å²) in [4.78, 5) is 0. The van der Waals surface area contributed by atoms with Gasteiger partial charge in [-0.1, -0.05) is 60.7 Å². The van der Waals surface area contributed by atoms with Gasteiger partial charge in [-0.05, 0) is 66.5 Å². The van der Waals surface area contributed by atoms with Gasteiger partial charge < -0.3 is 0 Å². The molecule has 0 saturated carbocycles. The summed E-state index contributed by atoms with van der Waals surface area (Å²) in [6.07, 6.45) is 7.97. The first-order valence-corrected chi connectivity index (χ1v) is 7.83. The monoisotopic (exact) mass is 274 g/mol. The van der Waals surface area contributed by atoms with Crippen LogP contribution in [0.25, 0.3) is 11.1 Å². The van der Waals surface area contributed by atoms with Crippen LogP contribution in [0.5, 0.6) is 0 Å². The van der Waals surface area contributed by atoms with Gasteiger partial charge in [0, 0.05) is 0 Å².